The number of nitrogens with zero attached hydrogens (tertiary/aromatic N) is 2. The second-order valence-electron chi connectivity index (χ2n) is 1.90. The molecule has 0 N–H and O–H groups in total. The van der Waals surface area contributed by atoms with Gasteiger partial charge in [0.1, 0.15) is 6.20 Å². The van der Waals surface area contributed by atoms with Crippen LogP contribution in [0.15, 0.2) is 17.0 Å². The van der Waals surface area contributed by atoms with Crippen LogP contribution in [0.25, 0.3) is 0 Å². The first-order valence-electron chi connectivity index (χ1n) is 2.62. The van der Waals surface area contributed by atoms with Gasteiger partial charge in [-0.1, -0.05) is 0 Å². The number of rotatable bonds is 1. The fourth-order valence-electron chi connectivity index (χ4n) is 0.465. The Hall–Kier alpha value is -0.860. The average Bonchev–Trinajstić information content (AvgIpc) is 2.12. The monoisotopic (exact) mass is 113 g/mol. The van der Waals surface area contributed by atoms with Gasteiger partial charge in [-0.3, -0.25) is 0 Å². The van der Waals surface area contributed by atoms with Gasteiger partial charge >= 0.3 is 0 Å². The molecule has 0 aromatic carbocycles. The second kappa shape index (κ2) is 1.94. The van der Waals surface area contributed by atoms with Gasteiger partial charge in [-0.2, -0.15) is 0 Å². The van der Waals surface area contributed by atoms with Crippen molar-refractivity contribution in [1.82, 2.24) is 5.10 Å². The molecule has 8 heavy (non-hydrogen) atoms. The summed E-state index contributed by atoms with van der Waals surface area (Å²) < 4.78 is 4.90. The molecule has 0 radical (unpaired) electrons. The highest BCUT2D eigenvalue weighted by Gasteiger charge is 2.08. The summed E-state index contributed by atoms with van der Waals surface area (Å²) >= 11 is 0. The maximum absolute atomic E-state index is 4.90. The van der Waals surface area contributed by atoms with E-state index in [1.807, 2.05) is 13.8 Å². The molecule has 1 heterocycles. The van der Waals surface area contributed by atoms with Crippen molar-refractivity contribution in [3.8, 4) is 0 Å². The first-order valence-corrected chi connectivity index (χ1v) is 2.62. The summed E-state index contributed by atoms with van der Waals surface area (Å²) in [4.78, 5) is 1.54. The molecule has 0 bridgehead atoms. The van der Waals surface area contributed by atoms with Gasteiger partial charge in [0, 0.05) is 18.9 Å². The number of hydrogen-bond acceptors (Lipinski definition) is 2. The van der Waals surface area contributed by atoms with Crippen molar-refractivity contribution in [1.29, 1.82) is 0 Å². The largest absolute Gasteiger partial charge is 0.227 e. The van der Waals surface area contributed by atoms with Gasteiger partial charge in [0.05, 0.1) is 4.85 Å². The Morgan fingerprint density at radius 2 is 2.38 bits per heavy atom. The molecular weight excluding hydrogens is 104 g/mol. The Morgan fingerprint density at radius 1 is 1.62 bits per heavy atom. The van der Waals surface area contributed by atoms with Gasteiger partial charge in [0.2, 0.25) is 6.04 Å². The van der Waals surface area contributed by atoms with Crippen LogP contribution in [0.5, 0.6) is 0 Å². The fraction of sp³-hybridized carbons (Fsp3) is 0.600. The maximum Gasteiger partial charge on any atom is 0.227 e. The first kappa shape index (κ1) is 5.28. The molecule has 0 unspecified atom stereocenters. The van der Waals surface area contributed by atoms with Crippen LogP contribution >= 0.6 is 0 Å². The predicted molar refractivity (Wildman–Crippen MR) is 27.1 cm³/mol. The number of aromatic nitrogens is 2. The quantitative estimate of drug-likeness (QED) is 0.497. The molecule has 0 aliphatic heterocycles. The molecule has 0 saturated carbocycles. The molecule has 0 saturated heterocycles. The molecule has 0 amide bonds. The molecule has 0 atom stereocenters. The van der Waals surface area contributed by atoms with E-state index >= 15 is 0 Å². The van der Waals surface area contributed by atoms with Crippen LogP contribution in [-0.2, 0) is 0 Å². The lowest BCUT2D eigenvalue weighted by atomic mass is 10.4. The zero-order valence-corrected chi connectivity index (χ0v) is 5.03. The van der Waals surface area contributed by atoms with Crippen LogP contribution in [0.4, 0.5) is 0 Å². The summed E-state index contributed by atoms with van der Waals surface area (Å²) in [5.41, 5.74) is 0. The Labute approximate surface area is 47.9 Å². The van der Waals surface area contributed by atoms with Crippen molar-refractivity contribution in [2.45, 2.75) is 19.9 Å². The standard InChI is InChI=1S/C5H9N2O/c1-5(2)7-6-3-4-8-7/h3-5H,1-2H3/q+1. The predicted octanol–water partition coefficient (Wildman–Crippen LogP) is 0.543. The number of hydrogen-bond donors (Lipinski definition) is 0. The van der Waals surface area contributed by atoms with Gasteiger partial charge < -0.3 is 0 Å². The first-order chi connectivity index (χ1) is 3.80. The molecule has 3 heteroatoms. The summed E-state index contributed by atoms with van der Waals surface area (Å²) in [5, 5.41) is 3.87. The van der Waals surface area contributed by atoms with E-state index in [0.717, 1.165) is 0 Å². The minimum absolute atomic E-state index is 0.324. The van der Waals surface area contributed by atoms with Crippen molar-refractivity contribution >= 4 is 0 Å². The van der Waals surface area contributed by atoms with E-state index in [-0.39, 0.29) is 0 Å². The third-order valence-corrected chi connectivity index (χ3v) is 0.852. The van der Waals surface area contributed by atoms with Crippen LogP contribution in [0.1, 0.15) is 19.9 Å². The zero-order valence-electron chi connectivity index (χ0n) is 5.03. The second-order valence-corrected chi connectivity index (χ2v) is 1.90. The molecule has 1 aromatic heterocycles. The van der Waals surface area contributed by atoms with Gasteiger partial charge in [0.15, 0.2) is 6.26 Å². The topological polar surface area (TPSA) is 29.9 Å². The summed E-state index contributed by atoms with van der Waals surface area (Å²) in [5.74, 6) is 0. The van der Waals surface area contributed by atoms with Gasteiger partial charge in [-0.25, -0.2) is 4.52 Å². The molecule has 0 aliphatic rings. The molecule has 0 fully saturated rings. The van der Waals surface area contributed by atoms with Crippen LogP contribution < -0.4 is 4.85 Å². The summed E-state index contributed by atoms with van der Waals surface area (Å²) in [6.45, 7) is 4.02. The minimum Gasteiger partial charge on any atom is -0.216 e. The highest BCUT2D eigenvalue weighted by atomic mass is 16.5. The maximum atomic E-state index is 4.90. The van der Waals surface area contributed by atoms with Crippen molar-refractivity contribution in [2.75, 3.05) is 0 Å². The highest BCUT2D eigenvalue weighted by molar-refractivity contribution is 4.46. The van der Waals surface area contributed by atoms with E-state index < -0.39 is 0 Å². The Kier molecular flexibility index (Phi) is 1.28. The van der Waals surface area contributed by atoms with Gasteiger partial charge in [-0.15, -0.1) is 0 Å². The molecule has 1 rings (SSSR count). The van der Waals surface area contributed by atoms with E-state index in [4.69, 9.17) is 4.52 Å². The molecule has 1 aromatic rings. The molecule has 0 spiro atoms. The van der Waals surface area contributed by atoms with E-state index in [9.17, 15) is 0 Å². The summed E-state index contributed by atoms with van der Waals surface area (Å²) in [6.07, 6.45) is 3.18. The highest BCUT2D eigenvalue weighted by Crippen LogP contribution is 1.85. The minimum atomic E-state index is 0.324. The Morgan fingerprint density at radius 3 is 2.62 bits per heavy atom. The van der Waals surface area contributed by atoms with Gasteiger partial charge in [0.25, 0.3) is 0 Å². The molecule has 44 valence electrons. The van der Waals surface area contributed by atoms with Crippen LogP contribution in [0.3, 0.4) is 0 Å². The smallest absolute Gasteiger partial charge is 0.216 e. The molecular formula is C5H9N2O+. The van der Waals surface area contributed by atoms with Crippen LogP contribution in [0, 0.1) is 0 Å². The average molecular weight is 113 g/mol. The van der Waals surface area contributed by atoms with E-state index in [0.29, 0.717) is 6.04 Å². The Balaban J connectivity index is 2.77. The third-order valence-electron chi connectivity index (χ3n) is 0.852. The third kappa shape index (κ3) is 0.857. The lowest BCUT2D eigenvalue weighted by molar-refractivity contribution is -0.922. The van der Waals surface area contributed by atoms with Crippen molar-refractivity contribution in [2.24, 2.45) is 0 Å². The lowest BCUT2D eigenvalue weighted by Crippen LogP contribution is -2.36. The van der Waals surface area contributed by atoms with Crippen molar-refractivity contribution < 1.29 is 9.38 Å². The van der Waals surface area contributed by atoms with E-state index in [2.05, 4.69) is 5.10 Å². The van der Waals surface area contributed by atoms with Crippen molar-refractivity contribution in [3.63, 3.8) is 0 Å². The zero-order chi connectivity index (χ0) is 5.98. The summed E-state index contributed by atoms with van der Waals surface area (Å²) in [6, 6.07) is 0.324. The SMILES string of the molecule is CC(C)[n+]1ncco1. The van der Waals surface area contributed by atoms with E-state index in [1.54, 1.807) is 17.3 Å². The molecule has 3 nitrogen and oxygen atoms in total. The van der Waals surface area contributed by atoms with Crippen LogP contribution in [-0.4, -0.2) is 5.10 Å². The Bertz CT molecular complexity index is 145. The normalized spacial score (nSPS) is 10.4. The van der Waals surface area contributed by atoms with Gasteiger partial charge in [-0.05, 0) is 0 Å². The summed E-state index contributed by atoms with van der Waals surface area (Å²) in [7, 11) is 0. The van der Waals surface area contributed by atoms with Crippen molar-refractivity contribution in [3.05, 3.63) is 12.5 Å². The molecule has 0 aliphatic carbocycles. The van der Waals surface area contributed by atoms with Crippen LogP contribution in [0.2, 0.25) is 0 Å². The van der Waals surface area contributed by atoms with E-state index in [1.165, 1.54) is 0 Å². The fourth-order valence-corrected chi connectivity index (χ4v) is 0.465. The lowest BCUT2D eigenvalue weighted by Gasteiger charge is -1.83.